The Labute approximate surface area is 122 Å². The van der Waals surface area contributed by atoms with Gasteiger partial charge in [0.05, 0.1) is 18.2 Å². The number of hydrogen-bond donors (Lipinski definition) is 0. The summed E-state index contributed by atoms with van der Waals surface area (Å²) in [7, 11) is 0. The molecule has 0 saturated carbocycles. The maximum Gasteiger partial charge on any atom is 0.310 e. The van der Waals surface area contributed by atoms with Crippen LogP contribution in [0.1, 0.15) is 25.5 Å². The van der Waals surface area contributed by atoms with Crippen molar-refractivity contribution in [1.82, 2.24) is 9.88 Å². The lowest BCUT2D eigenvalue weighted by molar-refractivity contribution is -0.150. The third-order valence-electron chi connectivity index (χ3n) is 3.30. The molecule has 1 aliphatic heterocycles. The SMILES string of the molecule is CCOC(=O)[C@@H]1CCCN(Cc2ccc(Br)cn2)C1. The number of ether oxygens (including phenoxy) is 1. The van der Waals surface area contributed by atoms with E-state index >= 15 is 0 Å². The number of carbonyl (C=O) groups excluding carboxylic acids is 1. The monoisotopic (exact) mass is 326 g/mol. The number of esters is 1. The summed E-state index contributed by atoms with van der Waals surface area (Å²) < 4.78 is 6.09. The van der Waals surface area contributed by atoms with Gasteiger partial charge >= 0.3 is 5.97 Å². The van der Waals surface area contributed by atoms with E-state index in [1.54, 1.807) is 0 Å². The fourth-order valence-electron chi connectivity index (χ4n) is 2.38. The number of likely N-dealkylation sites (tertiary alicyclic amines) is 1. The summed E-state index contributed by atoms with van der Waals surface area (Å²) in [5.74, 6) is -0.0416. The van der Waals surface area contributed by atoms with E-state index in [9.17, 15) is 4.79 Å². The van der Waals surface area contributed by atoms with Crippen LogP contribution in [0.2, 0.25) is 0 Å². The predicted octanol–water partition coefficient (Wildman–Crippen LogP) is 2.62. The maximum atomic E-state index is 11.8. The van der Waals surface area contributed by atoms with Crippen LogP contribution in [-0.2, 0) is 16.1 Å². The molecule has 0 aliphatic carbocycles. The van der Waals surface area contributed by atoms with Gasteiger partial charge in [0.25, 0.3) is 0 Å². The normalized spacial score (nSPS) is 20.2. The van der Waals surface area contributed by atoms with Crippen LogP contribution in [0, 0.1) is 5.92 Å². The van der Waals surface area contributed by atoms with Crippen molar-refractivity contribution < 1.29 is 9.53 Å². The maximum absolute atomic E-state index is 11.8. The molecule has 4 nitrogen and oxygen atoms in total. The fraction of sp³-hybridized carbons (Fsp3) is 0.571. The molecule has 1 aromatic rings. The Morgan fingerprint density at radius 3 is 3.11 bits per heavy atom. The summed E-state index contributed by atoms with van der Waals surface area (Å²) in [6, 6.07) is 4.01. The zero-order valence-corrected chi connectivity index (χ0v) is 12.7. The summed E-state index contributed by atoms with van der Waals surface area (Å²) in [5.41, 5.74) is 1.03. The molecule has 1 atom stereocenters. The first-order valence-corrected chi connectivity index (χ1v) is 7.47. The smallest absolute Gasteiger partial charge is 0.310 e. The zero-order chi connectivity index (χ0) is 13.7. The van der Waals surface area contributed by atoms with Crippen molar-refractivity contribution in [3.8, 4) is 0 Å². The largest absolute Gasteiger partial charge is 0.466 e. The molecule has 2 rings (SSSR count). The van der Waals surface area contributed by atoms with Crippen LogP contribution in [-0.4, -0.2) is 35.5 Å². The van der Waals surface area contributed by atoms with E-state index in [2.05, 4.69) is 25.8 Å². The van der Waals surface area contributed by atoms with Crippen molar-refractivity contribution >= 4 is 21.9 Å². The van der Waals surface area contributed by atoms with Gasteiger partial charge < -0.3 is 4.74 Å². The number of aromatic nitrogens is 1. The number of halogens is 1. The molecule has 2 heterocycles. The Morgan fingerprint density at radius 1 is 1.58 bits per heavy atom. The Kier molecular flexibility index (Phi) is 5.34. The molecule has 0 unspecified atom stereocenters. The second-order valence-corrected chi connectivity index (χ2v) is 5.71. The molecular formula is C14H19BrN2O2. The van der Waals surface area contributed by atoms with Gasteiger partial charge in [-0.3, -0.25) is 14.7 Å². The lowest BCUT2D eigenvalue weighted by Gasteiger charge is -2.31. The molecule has 1 aliphatic rings. The van der Waals surface area contributed by atoms with E-state index in [0.29, 0.717) is 6.61 Å². The van der Waals surface area contributed by atoms with Gasteiger partial charge in [-0.2, -0.15) is 0 Å². The predicted molar refractivity (Wildman–Crippen MR) is 76.6 cm³/mol. The van der Waals surface area contributed by atoms with E-state index < -0.39 is 0 Å². The molecule has 5 heteroatoms. The quantitative estimate of drug-likeness (QED) is 0.798. The topological polar surface area (TPSA) is 42.4 Å². The van der Waals surface area contributed by atoms with Crippen LogP contribution in [0.4, 0.5) is 0 Å². The highest BCUT2D eigenvalue weighted by molar-refractivity contribution is 9.10. The molecular weight excluding hydrogens is 308 g/mol. The van der Waals surface area contributed by atoms with Gasteiger partial charge in [0.15, 0.2) is 0 Å². The molecule has 0 aromatic carbocycles. The number of pyridine rings is 1. The average Bonchev–Trinajstić information content (AvgIpc) is 2.42. The van der Waals surface area contributed by atoms with Crippen molar-refractivity contribution in [2.24, 2.45) is 5.92 Å². The molecule has 0 amide bonds. The molecule has 0 radical (unpaired) electrons. The molecule has 0 N–H and O–H groups in total. The summed E-state index contributed by atoms with van der Waals surface area (Å²) in [4.78, 5) is 18.4. The third kappa shape index (κ3) is 4.28. The number of rotatable bonds is 4. The van der Waals surface area contributed by atoms with Gasteiger partial charge in [-0.15, -0.1) is 0 Å². The van der Waals surface area contributed by atoms with Gasteiger partial charge in [-0.05, 0) is 54.4 Å². The van der Waals surface area contributed by atoms with Gasteiger partial charge in [0.1, 0.15) is 0 Å². The summed E-state index contributed by atoms with van der Waals surface area (Å²) in [5, 5.41) is 0. The van der Waals surface area contributed by atoms with Gasteiger partial charge in [-0.25, -0.2) is 0 Å². The summed E-state index contributed by atoms with van der Waals surface area (Å²) in [6.45, 7) is 4.90. The first-order chi connectivity index (χ1) is 9.19. The lowest BCUT2D eigenvalue weighted by Crippen LogP contribution is -2.39. The lowest BCUT2D eigenvalue weighted by atomic mass is 9.98. The van der Waals surface area contributed by atoms with Crippen LogP contribution in [0.3, 0.4) is 0 Å². The van der Waals surface area contributed by atoms with E-state index in [1.807, 2.05) is 25.3 Å². The molecule has 1 fully saturated rings. The Bertz CT molecular complexity index is 422. The van der Waals surface area contributed by atoms with Crippen molar-refractivity contribution in [3.63, 3.8) is 0 Å². The van der Waals surface area contributed by atoms with Crippen LogP contribution in [0.5, 0.6) is 0 Å². The minimum atomic E-state index is -0.0593. The molecule has 1 aromatic heterocycles. The summed E-state index contributed by atoms with van der Waals surface area (Å²) in [6.07, 6.45) is 3.78. The molecule has 104 valence electrons. The molecule has 0 bridgehead atoms. The number of piperidine rings is 1. The van der Waals surface area contributed by atoms with Crippen LogP contribution < -0.4 is 0 Å². The third-order valence-corrected chi connectivity index (χ3v) is 3.77. The van der Waals surface area contributed by atoms with Crippen LogP contribution >= 0.6 is 15.9 Å². The second kappa shape index (κ2) is 7.01. The Hall–Kier alpha value is -0.940. The van der Waals surface area contributed by atoms with Gasteiger partial charge in [-0.1, -0.05) is 0 Å². The van der Waals surface area contributed by atoms with E-state index in [4.69, 9.17) is 4.74 Å². The number of nitrogens with zero attached hydrogens (tertiary/aromatic N) is 2. The minimum absolute atomic E-state index is 0.0177. The van der Waals surface area contributed by atoms with Gasteiger partial charge in [0, 0.05) is 23.8 Å². The fourth-order valence-corrected chi connectivity index (χ4v) is 2.62. The van der Waals surface area contributed by atoms with Gasteiger partial charge in [0.2, 0.25) is 0 Å². The van der Waals surface area contributed by atoms with E-state index in [-0.39, 0.29) is 11.9 Å². The number of hydrogen-bond acceptors (Lipinski definition) is 4. The average molecular weight is 327 g/mol. The standard InChI is InChI=1S/C14H19BrN2O2/c1-2-19-14(18)11-4-3-7-17(9-11)10-13-6-5-12(15)8-16-13/h5-6,8,11H,2-4,7,9-10H2,1H3/t11-/m1/s1. The Morgan fingerprint density at radius 2 is 2.42 bits per heavy atom. The van der Waals surface area contributed by atoms with E-state index in [0.717, 1.165) is 42.6 Å². The first-order valence-electron chi connectivity index (χ1n) is 6.68. The highest BCUT2D eigenvalue weighted by Gasteiger charge is 2.26. The molecule has 0 spiro atoms. The highest BCUT2D eigenvalue weighted by Crippen LogP contribution is 2.19. The van der Waals surface area contributed by atoms with E-state index in [1.165, 1.54) is 0 Å². The first kappa shape index (κ1) is 14.5. The van der Waals surface area contributed by atoms with Crippen molar-refractivity contribution in [3.05, 3.63) is 28.5 Å². The van der Waals surface area contributed by atoms with Crippen LogP contribution in [0.25, 0.3) is 0 Å². The number of carbonyl (C=O) groups is 1. The van der Waals surface area contributed by atoms with Crippen LogP contribution in [0.15, 0.2) is 22.8 Å². The second-order valence-electron chi connectivity index (χ2n) is 4.79. The van der Waals surface area contributed by atoms with Crippen molar-refractivity contribution in [2.45, 2.75) is 26.3 Å². The van der Waals surface area contributed by atoms with Crippen molar-refractivity contribution in [1.29, 1.82) is 0 Å². The molecule has 19 heavy (non-hydrogen) atoms. The Balaban J connectivity index is 1.90. The summed E-state index contributed by atoms with van der Waals surface area (Å²) >= 11 is 3.38. The minimum Gasteiger partial charge on any atom is -0.466 e. The highest BCUT2D eigenvalue weighted by atomic mass is 79.9. The zero-order valence-electron chi connectivity index (χ0n) is 11.1. The van der Waals surface area contributed by atoms with Crippen molar-refractivity contribution in [2.75, 3.05) is 19.7 Å². The molecule has 1 saturated heterocycles.